The quantitative estimate of drug-likeness (QED) is 0.807. The lowest BCUT2D eigenvalue weighted by Crippen LogP contribution is -2.43. The number of ether oxygens (including phenoxy) is 1. The van der Waals surface area contributed by atoms with E-state index in [0.717, 1.165) is 37.1 Å². The van der Waals surface area contributed by atoms with E-state index >= 15 is 0 Å². The number of aryl methyl sites for hydroxylation is 1. The van der Waals surface area contributed by atoms with Gasteiger partial charge in [-0.25, -0.2) is 4.79 Å². The van der Waals surface area contributed by atoms with Crippen molar-refractivity contribution in [1.82, 2.24) is 9.47 Å². The van der Waals surface area contributed by atoms with Crippen molar-refractivity contribution < 1.29 is 18.7 Å². The van der Waals surface area contributed by atoms with Gasteiger partial charge >= 0.3 is 5.97 Å². The zero-order valence-electron chi connectivity index (χ0n) is 14.5. The number of hydrogen-bond donors (Lipinski definition) is 0. The number of piperidine rings is 1. The number of nitrogens with zero attached hydrogens (tertiary/aromatic N) is 2. The summed E-state index contributed by atoms with van der Waals surface area (Å²) in [5.74, 6) is 0.355. The summed E-state index contributed by atoms with van der Waals surface area (Å²) in [6, 6.07) is 3.76. The Bertz CT molecular complexity index is 758. The third kappa shape index (κ3) is 3.05. The Morgan fingerprint density at radius 3 is 2.83 bits per heavy atom. The highest BCUT2D eigenvalue weighted by Gasteiger charge is 2.26. The Morgan fingerprint density at radius 1 is 1.33 bits per heavy atom. The number of hydrogen-bond acceptors (Lipinski definition) is 4. The first-order chi connectivity index (χ1) is 11.5. The summed E-state index contributed by atoms with van der Waals surface area (Å²) in [6.45, 7) is 6.89. The first kappa shape index (κ1) is 16.6. The van der Waals surface area contributed by atoms with E-state index in [-0.39, 0.29) is 18.5 Å². The zero-order valence-corrected chi connectivity index (χ0v) is 14.5. The van der Waals surface area contributed by atoms with Gasteiger partial charge in [0.05, 0.1) is 12.1 Å². The molecule has 6 heteroatoms. The van der Waals surface area contributed by atoms with Gasteiger partial charge in [0.15, 0.2) is 5.58 Å². The van der Waals surface area contributed by atoms with Crippen LogP contribution in [0.15, 0.2) is 16.5 Å². The highest BCUT2D eigenvalue weighted by molar-refractivity contribution is 5.95. The molecule has 3 heterocycles. The van der Waals surface area contributed by atoms with Gasteiger partial charge in [-0.3, -0.25) is 4.79 Å². The maximum absolute atomic E-state index is 12.8. The van der Waals surface area contributed by atoms with Crippen LogP contribution < -0.4 is 0 Å². The van der Waals surface area contributed by atoms with E-state index in [1.165, 1.54) is 0 Å². The standard InChI is InChI=1S/C18H24N2O4/c1-4-23-18(22)15-10-16-14(9-13(3)24-16)20(15)11-17(21)19-8-6-5-7-12(19)2/h9-10,12H,4-8,11H2,1-3H3. The number of carbonyl (C=O) groups excluding carboxylic acids is 2. The summed E-state index contributed by atoms with van der Waals surface area (Å²) in [6.07, 6.45) is 3.23. The lowest BCUT2D eigenvalue weighted by molar-refractivity contribution is -0.135. The van der Waals surface area contributed by atoms with E-state index in [0.29, 0.717) is 17.9 Å². The van der Waals surface area contributed by atoms with E-state index in [1.54, 1.807) is 17.6 Å². The molecular formula is C18H24N2O4. The average molecular weight is 332 g/mol. The van der Waals surface area contributed by atoms with Crippen LogP contribution in [0.5, 0.6) is 0 Å². The van der Waals surface area contributed by atoms with Crippen LogP contribution >= 0.6 is 0 Å². The molecule has 1 aliphatic rings. The van der Waals surface area contributed by atoms with Crippen LogP contribution in [0.4, 0.5) is 0 Å². The number of carbonyl (C=O) groups is 2. The lowest BCUT2D eigenvalue weighted by atomic mass is 10.0. The molecule has 130 valence electrons. The highest BCUT2D eigenvalue weighted by atomic mass is 16.5. The van der Waals surface area contributed by atoms with Gasteiger partial charge in [-0.15, -0.1) is 0 Å². The Balaban J connectivity index is 1.92. The van der Waals surface area contributed by atoms with Crippen molar-refractivity contribution in [3.63, 3.8) is 0 Å². The Labute approximate surface area is 141 Å². The van der Waals surface area contributed by atoms with Crippen molar-refractivity contribution in [2.24, 2.45) is 0 Å². The minimum atomic E-state index is -0.430. The highest BCUT2D eigenvalue weighted by Crippen LogP contribution is 2.25. The summed E-state index contributed by atoms with van der Waals surface area (Å²) in [5, 5.41) is 0. The predicted octanol–water partition coefficient (Wildman–Crippen LogP) is 3.12. The number of aromatic nitrogens is 1. The summed E-state index contributed by atoms with van der Waals surface area (Å²) >= 11 is 0. The van der Waals surface area contributed by atoms with Crippen molar-refractivity contribution in [2.75, 3.05) is 13.2 Å². The molecule has 1 saturated heterocycles. The molecule has 0 aliphatic carbocycles. The molecule has 24 heavy (non-hydrogen) atoms. The van der Waals surface area contributed by atoms with Gasteiger partial charge in [0.2, 0.25) is 5.91 Å². The van der Waals surface area contributed by atoms with Crippen molar-refractivity contribution in [3.8, 4) is 0 Å². The first-order valence-electron chi connectivity index (χ1n) is 8.57. The second-order valence-corrected chi connectivity index (χ2v) is 6.37. The van der Waals surface area contributed by atoms with Gasteiger partial charge in [-0.2, -0.15) is 0 Å². The molecule has 2 aromatic rings. The van der Waals surface area contributed by atoms with E-state index in [1.807, 2.05) is 17.9 Å². The Hall–Kier alpha value is -2.24. The third-order valence-electron chi connectivity index (χ3n) is 4.61. The van der Waals surface area contributed by atoms with Crippen LogP contribution in [0.3, 0.4) is 0 Å². The molecule has 3 rings (SSSR count). The minimum Gasteiger partial charge on any atom is -0.461 e. The maximum Gasteiger partial charge on any atom is 0.355 e. The van der Waals surface area contributed by atoms with Crippen LogP contribution in [-0.4, -0.2) is 40.5 Å². The molecule has 0 saturated carbocycles. The molecule has 1 fully saturated rings. The summed E-state index contributed by atoms with van der Waals surface area (Å²) < 4.78 is 12.4. The van der Waals surface area contributed by atoms with E-state index in [4.69, 9.17) is 9.15 Å². The second kappa shape index (κ2) is 6.71. The topological polar surface area (TPSA) is 64.7 Å². The Kier molecular flexibility index (Phi) is 4.64. The van der Waals surface area contributed by atoms with Crippen LogP contribution in [0, 0.1) is 6.92 Å². The number of rotatable bonds is 4. The largest absolute Gasteiger partial charge is 0.461 e. The summed E-state index contributed by atoms with van der Waals surface area (Å²) in [7, 11) is 0. The predicted molar refractivity (Wildman–Crippen MR) is 89.9 cm³/mol. The molecule has 1 amide bonds. The molecule has 2 aromatic heterocycles. The molecule has 0 aromatic carbocycles. The molecule has 1 aliphatic heterocycles. The number of likely N-dealkylation sites (tertiary alicyclic amines) is 1. The maximum atomic E-state index is 12.8. The Morgan fingerprint density at radius 2 is 2.12 bits per heavy atom. The monoisotopic (exact) mass is 332 g/mol. The van der Waals surface area contributed by atoms with E-state index in [2.05, 4.69) is 6.92 Å². The summed E-state index contributed by atoms with van der Waals surface area (Å²) in [5.41, 5.74) is 1.73. The molecule has 6 nitrogen and oxygen atoms in total. The molecule has 0 radical (unpaired) electrons. The van der Waals surface area contributed by atoms with Crippen LogP contribution in [-0.2, 0) is 16.1 Å². The van der Waals surface area contributed by atoms with Gasteiger partial charge in [0, 0.05) is 24.7 Å². The van der Waals surface area contributed by atoms with Crippen molar-refractivity contribution in [2.45, 2.75) is 52.6 Å². The fraction of sp³-hybridized carbons (Fsp3) is 0.556. The van der Waals surface area contributed by atoms with Gasteiger partial charge in [-0.05, 0) is 40.0 Å². The van der Waals surface area contributed by atoms with Crippen molar-refractivity contribution in [3.05, 3.63) is 23.6 Å². The van der Waals surface area contributed by atoms with Gasteiger partial charge in [0.1, 0.15) is 18.0 Å². The van der Waals surface area contributed by atoms with Crippen molar-refractivity contribution >= 4 is 23.0 Å². The zero-order chi connectivity index (χ0) is 17.3. The SMILES string of the molecule is CCOC(=O)c1cc2oc(C)cc2n1CC(=O)N1CCCCC1C. The van der Waals surface area contributed by atoms with E-state index < -0.39 is 5.97 Å². The van der Waals surface area contributed by atoms with Crippen LogP contribution in [0.2, 0.25) is 0 Å². The molecule has 0 bridgehead atoms. The number of fused-ring (bicyclic) bond motifs is 1. The molecule has 0 N–H and O–H groups in total. The number of furan rings is 1. The number of esters is 1. The van der Waals surface area contributed by atoms with Crippen LogP contribution in [0.25, 0.3) is 11.1 Å². The van der Waals surface area contributed by atoms with Gasteiger partial charge in [0.25, 0.3) is 0 Å². The molecule has 1 unspecified atom stereocenters. The van der Waals surface area contributed by atoms with E-state index in [9.17, 15) is 9.59 Å². The normalized spacial score (nSPS) is 18.1. The second-order valence-electron chi connectivity index (χ2n) is 6.37. The smallest absolute Gasteiger partial charge is 0.355 e. The van der Waals surface area contributed by atoms with Crippen molar-refractivity contribution in [1.29, 1.82) is 0 Å². The fourth-order valence-corrected chi connectivity index (χ4v) is 3.40. The first-order valence-corrected chi connectivity index (χ1v) is 8.57. The lowest BCUT2D eigenvalue weighted by Gasteiger charge is -2.33. The molecular weight excluding hydrogens is 308 g/mol. The molecule has 1 atom stereocenters. The van der Waals surface area contributed by atoms with Crippen LogP contribution in [0.1, 0.15) is 49.4 Å². The fourth-order valence-electron chi connectivity index (χ4n) is 3.40. The number of amides is 1. The van der Waals surface area contributed by atoms with Gasteiger partial charge < -0.3 is 18.6 Å². The third-order valence-corrected chi connectivity index (χ3v) is 4.61. The minimum absolute atomic E-state index is 0.0316. The average Bonchev–Trinajstić information content (AvgIpc) is 3.05. The molecule has 0 spiro atoms. The van der Waals surface area contributed by atoms with Gasteiger partial charge in [-0.1, -0.05) is 0 Å². The summed E-state index contributed by atoms with van der Waals surface area (Å²) in [4.78, 5) is 26.9.